The van der Waals surface area contributed by atoms with Gasteiger partial charge < -0.3 is 0 Å². The molecule has 58 valence electrons. The monoisotopic (exact) mass is 324 g/mol. The first-order valence-corrected chi connectivity index (χ1v) is 6.31. The van der Waals surface area contributed by atoms with Crippen LogP contribution >= 0.6 is 0 Å². The van der Waals surface area contributed by atoms with Crippen molar-refractivity contribution in [3.63, 3.8) is 0 Å². The predicted octanol–water partition coefficient (Wildman–Crippen LogP) is 2.55. The molecule has 0 atom stereocenters. The summed E-state index contributed by atoms with van der Waals surface area (Å²) in [4.78, 5) is 0. The van der Waals surface area contributed by atoms with Gasteiger partial charge in [0.05, 0.1) is 0 Å². The molecular formula is C11H12Hf+2. The number of benzene rings is 1. The second-order valence-electron chi connectivity index (χ2n) is 3.41. The molecule has 1 saturated carbocycles. The molecule has 0 saturated heterocycles. The first-order chi connectivity index (χ1) is 5.88. The van der Waals surface area contributed by atoms with Crippen molar-refractivity contribution in [2.45, 2.75) is 19.3 Å². The summed E-state index contributed by atoms with van der Waals surface area (Å²) in [7, 11) is 0. The van der Waals surface area contributed by atoms with E-state index in [1.165, 1.54) is 48.7 Å². The molecule has 0 aliphatic heterocycles. The normalized spacial score (nSPS) is 17.2. The molecule has 12 heavy (non-hydrogen) atoms. The zero-order chi connectivity index (χ0) is 8.39. The van der Waals surface area contributed by atoms with Crippen LogP contribution in [-0.4, -0.2) is 3.26 Å². The van der Waals surface area contributed by atoms with Gasteiger partial charge in [0.1, 0.15) is 0 Å². The van der Waals surface area contributed by atoms with Crippen molar-refractivity contribution in [3.05, 3.63) is 35.9 Å². The first-order valence-electron chi connectivity index (χ1n) is 4.52. The maximum absolute atomic E-state index is 2.25. The van der Waals surface area contributed by atoms with Crippen molar-refractivity contribution < 1.29 is 23.9 Å². The van der Waals surface area contributed by atoms with E-state index < -0.39 is 0 Å². The summed E-state index contributed by atoms with van der Waals surface area (Å²) >= 11 is 1.24. The van der Waals surface area contributed by atoms with Gasteiger partial charge >= 0.3 is 88.2 Å². The van der Waals surface area contributed by atoms with Crippen molar-refractivity contribution >= 4 is 3.26 Å². The van der Waals surface area contributed by atoms with Crippen molar-refractivity contribution in [3.8, 4) is 0 Å². The van der Waals surface area contributed by atoms with Crippen LogP contribution in [0.15, 0.2) is 30.3 Å². The number of rotatable bonds is 2. The van der Waals surface area contributed by atoms with Crippen molar-refractivity contribution in [2.24, 2.45) is 5.92 Å². The van der Waals surface area contributed by atoms with Crippen LogP contribution in [0.4, 0.5) is 0 Å². The predicted molar refractivity (Wildman–Crippen MR) is 47.9 cm³/mol. The van der Waals surface area contributed by atoms with E-state index in [9.17, 15) is 0 Å². The quantitative estimate of drug-likeness (QED) is 0.734. The van der Waals surface area contributed by atoms with E-state index in [4.69, 9.17) is 0 Å². The van der Waals surface area contributed by atoms with E-state index in [1.807, 2.05) is 0 Å². The molecule has 1 aliphatic rings. The van der Waals surface area contributed by atoms with Crippen LogP contribution in [0, 0.1) is 5.92 Å². The standard InChI is InChI=1S/C11H12.Hf/c1-2-5-10(6-3-1)9-11-7-4-8-11;/h1-3,5-6,11H,4,7-8H2;/q;+2. The fraction of sp³-hybridized carbons (Fsp3) is 0.364. The van der Waals surface area contributed by atoms with E-state index in [2.05, 4.69) is 30.3 Å². The van der Waals surface area contributed by atoms with Gasteiger partial charge in [0.15, 0.2) is 0 Å². The second kappa shape index (κ2) is 3.78. The minimum absolute atomic E-state index is 0.944. The van der Waals surface area contributed by atoms with Gasteiger partial charge in [0, 0.05) is 0 Å². The molecule has 0 N–H and O–H groups in total. The average molecular weight is 323 g/mol. The topological polar surface area (TPSA) is 0 Å². The van der Waals surface area contributed by atoms with Crippen molar-refractivity contribution in [1.82, 2.24) is 0 Å². The Morgan fingerprint density at radius 2 is 1.83 bits per heavy atom. The molecule has 1 aromatic carbocycles. The Morgan fingerprint density at radius 3 is 2.33 bits per heavy atom. The van der Waals surface area contributed by atoms with Crippen LogP contribution in [0.25, 0.3) is 0 Å². The Labute approximate surface area is 88.0 Å². The van der Waals surface area contributed by atoms with Crippen molar-refractivity contribution in [1.29, 1.82) is 0 Å². The third-order valence-corrected chi connectivity index (χ3v) is 5.10. The molecule has 0 bridgehead atoms. The molecule has 0 spiro atoms. The summed E-state index contributed by atoms with van der Waals surface area (Å²) in [5, 5.41) is 0. The Hall–Kier alpha value is -0.0399. The van der Waals surface area contributed by atoms with Gasteiger partial charge in [-0.15, -0.1) is 0 Å². The van der Waals surface area contributed by atoms with Gasteiger partial charge in [-0.05, 0) is 0 Å². The molecule has 1 aliphatic carbocycles. The minimum atomic E-state index is 0.944. The summed E-state index contributed by atoms with van der Waals surface area (Å²) in [6.45, 7) is 0. The molecule has 0 aromatic heterocycles. The summed E-state index contributed by atoms with van der Waals surface area (Å²) in [5.41, 5.74) is 1.49. The molecule has 0 nitrogen and oxygen atoms in total. The number of hydrogen-bond donors (Lipinski definition) is 0. The van der Waals surface area contributed by atoms with Crippen LogP contribution in [0.1, 0.15) is 24.8 Å². The van der Waals surface area contributed by atoms with E-state index in [0.717, 1.165) is 5.92 Å². The van der Waals surface area contributed by atoms with Crippen LogP contribution < -0.4 is 0 Å². The van der Waals surface area contributed by atoms with E-state index >= 15 is 0 Å². The maximum atomic E-state index is 2.25. The number of hydrogen-bond acceptors (Lipinski definition) is 0. The molecule has 2 rings (SSSR count). The molecule has 1 heteroatoms. The van der Waals surface area contributed by atoms with E-state index in [-0.39, 0.29) is 0 Å². The SMILES string of the molecule is [Hf+2]=[C](c1ccccc1)C1CCC1. The first kappa shape index (κ1) is 8.55. The van der Waals surface area contributed by atoms with Crippen LogP contribution in [0.5, 0.6) is 0 Å². The average Bonchev–Trinajstić information content (AvgIpc) is 2.03. The van der Waals surface area contributed by atoms with Crippen LogP contribution in [-0.2, 0) is 23.9 Å². The van der Waals surface area contributed by atoms with E-state index in [1.54, 1.807) is 3.26 Å². The molecule has 0 radical (unpaired) electrons. The third kappa shape index (κ3) is 1.66. The third-order valence-electron chi connectivity index (χ3n) is 2.60. The Bertz CT molecular complexity index is 272. The Morgan fingerprint density at radius 1 is 1.17 bits per heavy atom. The molecular weight excluding hydrogens is 311 g/mol. The molecule has 0 amide bonds. The van der Waals surface area contributed by atoms with Gasteiger partial charge in [0.25, 0.3) is 0 Å². The Kier molecular flexibility index (Phi) is 2.69. The van der Waals surface area contributed by atoms with Gasteiger partial charge in [-0.2, -0.15) is 0 Å². The Balaban J connectivity index is 2.14. The van der Waals surface area contributed by atoms with Crippen LogP contribution in [0.2, 0.25) is 0 Å². The summed E-state index contributed by atoms with van der Waals surface area (Å²) < 4.78 is 1.72. The fourth-order valence-electron chi connectivity index (χ4n) is 1.55. The van der Waals surface area contributed by atoms with Gasteiger partial charge in [-0.1, -0.05) is 0 Å². The molecule has 1 fully saturated rings. The van der Waals surface area contributed by atoms with Gasteiger partial charge in [-0.3, -0.25) is 0 Å². The molecule has 1 aromatic rings. The zero-order valence-electron chi connectivity index (χ0n) is 7.09. The van der Waals surface area contributed by atoms with Crippen LogP contribution in [0.3, 0.4) is 0 Å². The van der Waals surface area contributed by atoms with Gasteiger partial charge in [0.2, 0.25) is 0 Å². The van der Waals surface area contributed by atoms with E-state index in [0.29, 0.717) is 0 Å². The zero-order valence-corrected chi connectivity index (χ0v) is 10.7. The second-order valence-corrected chi connectivity index (χ2v) is 5.34. The molecule has 0 unspecified atom stereocenters. The van der Waals surface area contributed by atoms with Crippen molar-refractivity contribution in [2.75, 3.05) is 0 Å². The molecule has 0 heterocycles. The fourth-order valence-corrected chi connectivity index (χ4v) is 3.19. The summed E-state index contributed by atoms with van der Waals surface area (Å²) in [6, 6.07) is 10.9. The summed E-state index contributed by atoms with van der Waals surface area (Å²) in [6.07, 6.45) is 4.32. The summed E-state index contributed by atoms with van der Waals surface area (Å²) in [5.74, 6) is 0.944. The van der Waals surface area contributed by atoms with Gasteiger partial charge in [-0.25, -0.2) is 0 Å².